The van der Waals surface area contributed by atoms with E-state index >= 15 is 0 Å². The summed E-state index contributed by atoms with van der Waals surface area (Å²) in [6.07, 6.45) is 8.68. The molecule has 0 saturated heterocycles. The van der Waals surface area contributed by atoms with E-state index in [-0.39, 0.29) is 10.3 Å². The average molecular weight is 359 g/mol. The molecule has 1 aromatic heterocycles. The average Bonchev–Trinajstić information content (AvgIpc) is 3.48. The highest BCUT2D eigenvalue weighted by Gasteiger charge is 2.44. The molecule has 2 fully saturated rings. The first-order valence-electron chi connectivity index (χ1n) is 8.12. The zero-order chi connectivity index (χ0) is 17.8. The zero-order valence-corrected chi connectivity index (χ0v) is 14.2. The molecule has 0 spiro atoms. The normalized spacial score (nSPS) is 18.8. The Kier molecular flexibility index (Phi) is 3.42. The summed E-state index contributed by atoms with van der Waals surface area (Å²) in [4.78, 5) is 26.5. The van der Waals surface area contributed by atoms with Crippen LogP contribution < -0.4 is 16.0 Å². The number of nitrogens with zero attached hydrogens (tertiary/aromatic N) is 1. The minimum Gasteiger partial charge on any atom is -0.293 e. The van der Waals surface area contributed by atoms with Gasteiger partial charge in [-0.05, 0) is 49.8 Å². The molecule has 130 valence electrons. The number of rotatable bonds is 5. The molecule has 1 heterocycles. The number of nitrogens with one attached hydrogen (secondary N) is 2. The van der Waals surface area contributed by atoms with Gasteiger partial charge >= 0.3 is 5.69 Å². The van der Waals surface area contributed by atoms with Gasteiger partial charge in [0.1, 0.15) is 0 Å². The molecule has 25 heavy (non-hydrogen) atoms. The molecular formula is C17H17N3O4S. The highest BCUT2D eigenvalue weighted by Crippen LogP contribution is 2.36. The number of aromatic nitrogens is 2. The van der Waals surface area contributed by atoms with Gasteiger partial charge in [0.25, 0.3) is 5.56 Å². The molecule has 0 radical (unpaired) electrons. The number of sulfonamides is 1. The molecule has 2 N–H and O–H groups in total. The van der Waals surface area contributed by atoms with Crippen molar-refractivity contribution in [1.82, 2.24) is 14.3 Å². The van der Waals surface area contributed by atoms with Gasteiger partial charge in [0.2, 0.25) is 10.0 Å². The van der Waals surface area contributed by atoms with Gasteiger partial charge in [0.15, 0.2) is 0 Å². The summed E-state index contributed by atoms with van der Waals surface area (Å²) in [6.45, 7) is 0.524. The lowest BCUT2D eigenvalue weighted by molar-refractivity contribution is 0.572. The van der Waals surface area contributed by atoms with E-state index in [1.54, 1.807) is 0 Å². The van der Waals surface area contributed by atoms with E-state index in [0.29, 0.717) is 30.8 Å². The van der Waals surface area contributed by atoms with Crippen LogP contribution in [-0.2, 0) is 16.6 Å². The Morgan fingerprint density at radius 3 is 2.64 bits per heavy atom. The van der Waals surface area contributed by atoms with Gasteiger partial charge in [-0.15, -0.1) is 6.42 Å². The van der Waals surface area contributed by atoms with Gasteiger partial charge in [-0.1, -0.05) is 5.92 Å². The van der Waals surface area contributed by atoms with Crippen LogP contribution in [-0.4, -0.2) is 23.5 Å². The number of H-pyrrole nitrogens is 1. The van der Waals surface area contributed by atoms with Crippen LogP contribution in [0.15, 0.2) is 32.7 Å². The van der Waals surface area contributed by atoms with Crippen molar-refractivity contribution in [1.29, 1.82) is 0 Å². The lowest BCUT2D eigenvalue weighted by Crippen LogP contribution is -2.36. The van der Waals surface area contributed by atoms with Crippen LogP contribution in [0.1, 0.15) is 25.7 Å². The molecule has 0 atom stereocenters. The monoisotopic (exact) mass is 359 g/mol. The first-order valence-corrected chi connectivity index (χ1v) is 9.60. The quantitative estimate of drug-likeness (QED) is 0.761. The Hall–Kier alpha value is -2.37. The molecule has 4 rings (SSSR count). The number of hydrogen-bond donors (Lipinski definition) is 2. The minimum atomic E-state index is -3.84. The second kappa shape index (κ2) is 5.31. The van der Waals surface area contributed by atoms with Gasteiger partial charge in [-0.3, -0.25) is 14.3 Å². The van der Waals surface area contributed by atoms with Crippen molar-refractivity contribution in [3.63, 3.8) is 0 Å². The fourth-order valence-electron chi connectivity index (χ4n) is 2.90. The maximum absolute atomic E-state index is 12.6. The summed E-state index contributed by atoms with van der Waals surface area (Å²) in [7, 11) is -3.84. The first kappa shape index (κ1) is 16.1. The van der Waals surface area contributed by atoms with Gasteiger partial charge in [0, 0.05) is 6.54 Å². The molecular weight excluding hydrogens is 342 g/mol. The molecule has 2 saturated carbocycles. The van der Waals surface area contributed by atoms with Crippen molar-refractivity contribution < 1.29 is 8.42 Å². The van der Waals surface area contributed by atoms with Gasteiger partial charge in [-0.2, -0.15) is 4.72 Å². The van der Waals surface area contributed by atoms with E-state index in [4.69, 9.17) is 6.42 Å². The van der Waals surface area contributed by atoms with Crippen LogP contribution in [0.5, 0.6) is 0 Å². The van der Waals surface area contributed by atoms with Crippen LogP contribution in [0.4, 0.5) is 0 Å². The smallest absolute Gasteiger partial charge is 0.293 e. The molecule has 7 nitrogen and oxygen atoms in total. The fourth-order valence-corrected chi connectivity index (χ4v) is 4.31. The second-order valence-electron chi connectivity index (χ2n) is 6.82. The molecule has 0 aliphatic heterocycles. The highest BCUT2D eigenvalue weighted by molar-refractivity contribution is 7.89. The Morgan fingerprint density at radius 1 is 1.32 bits per heavy atom. The Morgan fingerprint density at radius 2 is 2.04 bits per heavy atom. The lowest BCUT2D eigenvalue weighted by Gasteiger charge is -2.13. The first-order chi connectivity index (χ1) is 11.8. The minimum absolute atomic E-state index is 0.0383. The molecule has 1 aromatic carbocycles. The third-order valence-corrected chi connectivity index (χ3v) is 6.31. The third kappa shape index (κ3) is 2.90. The van der Waals surface area contributed by atoms with Gasteiger partial charge < -0.3 is 0 Å². The van der Waals surface area contributed by atoms with E-state index in [2.05, 4.69) is 15.6 Å². The summed E-state index contributed by atoms with van der Waals surface area (Å²) < 4.78 is 29.1. The Bertz CT molecular complexity index is 1130. The Labute approximate surface area is 144 Å². The zero-order valence-electron chi connectivity index (χ0n) is 13.4. The van der Waals surface area contributed by atoms with Crippen LogP contribution in [0.25, 0.3) is 10.9 Å². The van der Waals surface area contributed by atoms with Crippen molar-refractivity contribution in [2.24, 2.45) is 5.92 Å². The van der Waals surface area contributed by atoms with Crippen molar-refractivity contribution in [3.8, 4) is 12.3 Å². The molecule has 0 bridgehead atoms. The second-order valence-corrected chi connectivity index (χ2v) is 8.51. The topological polar surface area (TPSA) is 101 Å². The Balaban J connectivity index is 1.81. The molecule has 8 heteroatoms. The summed E-state index contributed by atoms with van der Waals surface area (Å²) in [5.41, 5.74) is -1.44. The number of fused-ring (bicyclic) bond motifs is 1. The van der Waals surface area contributed by atoms with E-state index in [9.17, 15) is 18.0 Å². The van der Waals surface area contributed by atoms with Crippen molar-refractivity contribution in [3.05, 3.63) is 39.0 Å². The summed E-state index contributed by atoms with van der Waals surface area (Å²) in [5.74, 6) is 2.90. The SMILES string of the molecule is C#CC1(NS(=O)(=O)c2ccc3c(c2)c(=O)[nH]c(=O)n3CC2CC2)CC1. The van der Waals surface area contributed by atoms with Crippen molar-refractivity contribution >= 4 is 20.9 Å². The van der Waals surface area contributed by atoms with Crippen molar-refractivity contribution in [2.45, 2.75) is 42.7 Å². The number of hydrogen-bond acceptors (Lipinski definition) is 4. The highest BCUT2D eigenvalue weighted by atomic mass is 32.2. The largest absolute Gasteiger partial charge is 0.328 e. The lowest BCUT2D eigenvalue weighted by atomic mass is 10.2. The molecule has 2 aliphatic carbocycles. The number of terminal acetylenes is 1. The van der Waals surface area contributed by atoms with Gasteiger partial charge in [-0.25, -0.2) is 13.2 Å². The van der Waals surface area contributed by atoms with E-state index < -0.39 is 26.8 Å². The van der Waals surface area contributed by atoms with E-state index in [1.807, 2.05) is 0 Å². The van der Waals surface area contributed by atoms with Crippen LogP contribution in [0, 0.1) is 18.3 Å². The number of benzene rings is 1. The fraction of sp³-hybridized carbons (Fsp3) is 0.412. The van der Waals surface area contributed by atoms with E-state index in [0.717, 1.165) is 12.8 Å². The maximum atomic E-state index is 12.6. The molecule has 0 unspecified atom stereocenters. The van der Waals surface area contributed by atoms with E-state index in [1.165, 1.54) is 22.8 Å². The summed E-state index contributed by atoms with van der Waals surface area (Å²) in [6, 6.07) is 4.21. The van der Waals surface area contributed by atoms with Crippen LogP contribution >= 0.6 is 0 Å². The predicted molar refractivity (Wildman–Crippen MR) is 92.7 cm³/mol. The van der Waals surface area contributed by atoms with Crippen molar-refractivity contribution in [2.75, 3.05) is 0 Å². The molecule has 2 aliphatic rings. The molecule has 0 amide bonds. The summed E-state index contributed by atoms with van der Waals surface area (Å²) in [5, 5.41) is 0.175. The summed E-state index contributed by atoms with van der Waals surface area (Å²) >= 11 is 0. The van der Waals surface area contributed by atoms with Gasteiger partial charge in [0.05, 0.1) is 21.3 Å². The van der Waals surface area contributed by atoms with Crippen LogP contribution in [0.3, 0.4) is 0 Å². The standard InChI is InChI=1S/C17H17N3O4S/c1-2-17(7-8-17)19-25(23,24)12-5-6-14-13(9-12)15(21)18-16(22)20(14)10-11-3-4-11/h1,5-6,9,11,19H,3-4,7-8,10H2,(H,18,21,22). The maximum Gasteiger partial charge on any atom is 0.328 e. The predicted octanol–water partition coefficient (Wildman–Crippen LogP) is 0.544. The number of aromatic amines is 1. The third-order valence-electron chi connectivity index (χ3n) is 4.77. The molecule has 2 aromatic rings. The van der Waals surface area contributed by atoms with Crippen LogP contribution in [0.2, 0.25) is 0 Å².